The molecule has 0 aliphatic heterocycles. The highest BCUT2D eigenvalue weighted by atomic mass is 35.5. The molecule has 0 atom stereocenters. The molecule has 0 radical (unpaired) electrons. The Balaban J connectivity index is 1.64. The van der Waals surface area contributed by atoms with Crippen LogP contribution in [0, 0.1) is 5.82 Å². The van der Waals surface area contributed by atoms with Crippen molar-refractivity contribution in [3.63, 3.8) is 0 Å². The van der Waals surface area contributed by atoms with E-state index >= 15 is 0 Å². The van der Waals surface area contributed by atoms with Crippen molar-refractivity contribution >= 4 is 28.9 Å². The molecular weight excluding hydrogens is 367 g/mol. The molecule has 0 aliphatic carbocycles. The average molecular weight is 385 g/mol. The van der Waals surface area contributed by atoms with Crippen LogP contribution in [-0.2, 0) is 6.54 Å². The van der Waals surface area contributed by atoms with E-state index < -0.39 is 11.7 Å². The van der Waals surface area contributed by atoms with Crippen molar-refractivity contribution in [1.82, 2.24) is 0 Å². The summed E-state index contributed by atoms with van der Waals surface area (Å²) in [4.78, 5) is 12.3. The monoisotopic (exact) mass is 384 g/mol. The number of methoxy groups -OCH3 is 1. The second-order valence-electron chi connectivity index (χ2n) is 5.79. The maximum atomic E-state index is 13.8. The van der Waals surface area contributed by atoms with Crippen LogP contribution in [0.5, 0.6) is 5.75 Å². The van der Waals surface area contributed by atoms with Crippen molar-refractivity contribution in [2.24, 2.45) is 0 Å². The van der Waals surface area contributed by atoms with Crippen molar-refractivity contribution < 1.29 is 13.9 Å². The lowest BCUT2D eigenvalue weighted by molar-refractivity contribution is 0.102. The highest BCUT2D eigenvalue weighted by molar-refractivity contribution is 6.34. The van der Waals surface area contributed by atoms with Gasteiger partial charge < -0.3 is 15.4 Å². The number of benzene rings is 3. The molecule has 4 nitrogen and oxygen atoms in total. The van der Waals surface area contributed by atoms with Gasteiger partial charge in [0.2, 0.25) is 0 Å². The maximum absolute atomic E-state index is 13.8. The fraction of sp³-hybridized carbons (Fsp3) is 0.0952. The lowest BCUT2D eigenvalue weighted by Crippen LogP contribution is -2.14. The number of anilines is 2. The first kappa shape index (κ1) is 18.7. The van der Waals surface area contributed by atoms with Gasteiger partial charge in [0.25, 0.3) is 5.91 Å². The Kier molecular flexibility index (Phi) is 5.94. The Bertz CT molecular complexity index is 925. The Morgan fingerprint density at radius 3 is 2.41 bits per heavy atom. The van der Waals surface area contributed by atoms with Gasteiger partial charge in [0.15, 0.2) is 0 Å². The highest BCUT2D eigenvalue weighted by Crippen LogP contribution is 2.22. The molecular formula is C21H18ClFN2O2. The topological polar surface area (TPSA) is 50.4 Å². The van der Waals surface area contributed by atoms with Crippen LogP contribution in [0.15, 0.2) is 66.7 Å². The molecule has 138 valence electrons. The van der Waals surface area contributed by atoms with E-state index in [0.717, 1.165) is 17.0 Å². The van der Waals surface area contributed by atoms with Crippen LogP contribution in [0.4, 0.5) is 15.8 Å². The summed E-state index contributed by atoms with van der Waals surface area (Å²) in [5.74, 6) is -0.432. The van der Waals surface area contributed by atoms with Gasteiger partial charge in [-0.25, -0.2) is 4.39 Å². The summed E-state index contributed by atoms with van der Waals surface area (Å²) in [7, 11) is 1.64. The third-order valence-electron chi connectivity index (χ3n) is 4.01. The highest BCUT2D eigenvalue weighted by Gasteiger charge is 2.15. The first-order valence-electron chi connectivity index (χ1n) is 8.29. The van der Waals surface area contributed by atoms with Gasteiger partial charge in [-0.1, -0.05) is 35.9 Å². The van der Waals surface area contributed by atoms with Crippen molar-refractivity contribution in [2.45, 2.75) is 6.54 Å². The quantitative estimate of drug-likeness (QED) is 0.602. The summed E-state index contributed by atoms with van der Waals surface area (Å²) in [6.45, 7) is 0.598. The molecule has 0 aromatic heterocycles. The zero-order chi connectivity index (χ0) is 19.2. The van der Waals surface area contributed by atoms with E-state index in [1.54, 1.807) is 19.2 Å². The first-order valence-corrected chi connectivity index (χ1v) is 8.67. The van der Waals surface area contributed by atoms with Crippen LogP contribution in [0.2, 0.25) is 5.02 Å². The van der Waals surface area contributed by atoms with Crippen LogP contribution < -0.4 is 15.4 Å². The van der Waals surface area contributed by atoms with Gasteiger partial charge in [-0.2, -0.15) is 0 Å². The molecule has 0 heterocycles. The molecule has 0 bridgehead atoms. The molecule has 3 aromatic carbocycles. The second kappa shape index (κ2) is 8.56. The van der Waals surface area contributed by atoms with Gasteiger partial charge in [0, 0.05) is 23.5 Å². The summed E-state index contributed by atoms with van der Waals surface area (Å²) in [5.41, 5.74) is 2.29. The molecule has 1 amide bonds. The van der Waals surface area contributed by atoms with Gasteiger partial charge in [0.1, 0.15) is 11.6 Å². The maximum Gasteiger partial charge on any atom is 0.260 e. The molecule has 0 fully saturated rings. The number of ether oxygens (including phenoxy) is 1. The molecule has 3 aromatic rings. The minimum absolute atomic E-state index is 0.0718. The molecule has 0 aliphatic rings. The minimum atomic E-state index is -0.657. The predicted octanol–water partition coefficient (Wildman–Crippen LogP) is 5.35. The van der Waals surface area contributed by atoms with Crippen LogP contribution >= 0.6 is 11.6 Å². The number of halogens is 2. The molecule has 0 saturated heterocycles. The number of hydrogen-bond donors (Lipinski definition) is 2. The predicted molar refractivity (Wildman–Crippen MR) is 106 cm³/mol. The Morgan fingerprint density at radius 2 is 1.70 bits per heavy atom. The smallest absolute Gasteiger partial charge is 0.260 e. The summed E-state index contributed by atoms with van der Waals surface area (Å²) in [6, 6.07) is 19.0. The number of carbonyl (C=O) groups is 1. The Labute approximate surface area is 161 Å². The lowest BCUT2D eigenvalue weighted by Gasteiger charge is -2.11. The van der Waals surface area contributed by atoms with Crippen molar-refractivity contribution in [3.8, 4) is 5.75 Å². The number of amides is 1. The number of para-hydroxylation sites is 1. The summed E-state index contributed by atoms with van der Waals surface area (Å²) in [6.07, 6.45) is 0. The van der Waals surface area contributed by atoms with Gasteiger partial charge >= 0.3 is 0 Å². The molecule has 0 spiro atoms. The van der Waals surface area contributed by atoms with E-state index in [-0.39, 0.29) is 10.6 Å². The van der Waals surface area contributed by atoms with Crippen LogP contribution in [0.3, 0.4) is 0 Å². The summed E-state index contributed by atoms with van der Waals surface area (Å²) >= 11 is 5.92. The largest absolute Gasteiger partial charge is 0.496 e. The molecule has 0 saturated carbocycles. The summed E-state index contributed by atoms with van der Waals surface area (Å²) < 4.78 is 19.2. The van der Waals surface area contributed by atoms with Gasteiger partial charge in [0.05, 0.1) is 17.7 Å². The standard InChI is InChI=1S/C21H18ClFN2O2/c1-27-19-8-3-2-5-14(19)13-24-15-9-11-16(12-10-15)25-21(26)20-17(22)6-4-7-18(20)23/h2-12,24H,13H2,1H3,(H,25,26). The number of nitrogens with one attached hydrogen (secondary N) is 2. The fourth-order valence-electron chi connectivity index (χ4n) is 2.63. The van der Waals surface area contributed by atoms with E-state index in [1.165, 1.54) is 18.2 Å². The van der Waals surface area contributed by atoms with Crippen LogP contribution in [0.1, 0.15) is 15.9 Å². The van der Waals surface area contributed by atoms with Gasteiger partial charge in [-0.05, 0) is 42.5 Å². The minimum Gasteiger partial charge on any atom is -0.496 e. The third kappa shape index (κ3) is 4.57. The van der Waals surface area contributed by atoms with E-state index in [9.17, 15) is 9.18 Å². The van der Waals surface area contributed by atoms with E-state index in [4.69, 9.17) is 16.3 Å². The second-order valence-corrected chi connectivity index (χ2v) is 6.20. The van der Waals surface area contributed by atoms with E-state index in [1.807, 2.05) is 36.4 Å². The normalized spacial score (nSPS) is 10.3. The molecule has 3 rings (SSSR count). The molecule has 2 N–H and O–H groups in total. The van der Waals surface area contributed by atoms with Crippen molar-refractivity contribution in [1.29, 1.82) is 0 Å². The number of hydrogen-bond acceptors (Lipinski definition) is 3. The molecule has 0 unspecified atom stereocenters. The molecule has 27 heavy (non-hydrogen) atoms. The van der Waals surface area contributed by atoms with Crippen molar-refractivity contribution in [2.75, 3.05) is 17.7 Å². The Morgan fingerprint density at radius 1 is 1.00 bits per heavy atom. The summed E-state index contributed by atoms with van der Waals surface area (Å²) in [5, 5.41) is 6.01. The van der Waals surface area contributed by atoms with Crippen molar-refractivity contribution in [3.05, 3.63) is 88.7 Å². The Hall–Kier alpha value is -3.05. The first-order chi connectivity index (χ1) is 13.1. The fourth-order valence-corrected chi connectivity index (χ4v) is 2.87. The van der Waals surface area contributed by atoms with E-state index in [0.29, 0.717) is 12.2 Å². The zero-order valence-electron chi connectivity index (χ0n) is 14.6. The zero-order valence-corrected chi connectivity index (χ0v) is 15.4. The van der Waals surface area contributed by atoms with E-state index in [2.05, 4.69) is 10.6 Å². The van der Waals surface area contributed by atoms with Crippen LogP contribution in [0.25, 0.3) is 0 Å². The molecule has 6 heteroatoms. The van der Waals surface area contributed by atoms with Gasteiger partial charge in [-0.3, -0.25) is 4.79 Å². The number of rotatable bonds is 6. The van der Waals surface area contributed by atoms with Gasteiger partial charge in [-0.15, -0.1) is 0 Å². The van der Waals surface area contributed by atoms with Crippen LogP contribution in [-0.4, -0.2) is 13.0 Å². The lowest BCUT2D eigenvalue weighted by atomic mass is 10.2. The third-order valence-corrected chi connectivity index (χ3v) is 4.32. The average Bonchev–Trinajstić information content (AvgIpc) is 2.67. The number of carbonyl (C=O) groups excluding carboxylic acids is 1. The SMILES string of the molecule is COc1ccccc1CNc1ccc(NC(=O)c2c(F)cccc2Cl)cc1.